The molecule has 2 aromatic carbocycles. The van der Waals surface area contributed by atoms with Crippen LogP contribution in [0.2, 0.25) is 0 Å². The van der Waals surface area contributed by atoms with Gasteiger partial charge in [0.1, 0.15) is 10.7 Å². The van der Waals surface area contributed by atoms with Gasteiger partial charge in [0.15, 0.2) is 17.0 Å². The first kappa shape index (κ1) is 18.9. The van der Waals surface area contributed by atoms with E-state index in [9.17, 15) is 18.3 Å². The summed E-state index contributed by atoms with van der Waals surface area (Å²) in [6, 6.07) is 11.9. The van der Waals surface area contributed by atoms with E-state index in [0.29, 0.717) is 22.5 Å². The number of hydrogen-bond donors (Lipinski definition) is 1. The highest BCUT2D eigenvalue weighted by Crippen LogP contribution is 2.33. The zero-order valence-electron chi connectivity index (χ0n) is 15.0. The Bertz CT molecular complexity index is 1200. The van der Waals surface area contributed by atoms with Crippen molar-refractivity contribution >= 4 is 22.4 Å². The molecule has 1 fully saturated rings. The lowest BCUT2D eigenvalue weighted by Crippen LogP contribution is -2.40. The number of rotatable bonds is 2. The van der Waals surface area contributed by atoms with E-state index >= 15 is 0 Å². The summed E-state index contributed by atoms with van der Waals surface area (Å²) in [5.41, 5.74) is 1.42. The first-order chi connectivity index (χ1) is 13.4. The molecule has 0 unspecified atom stereocenters. The van der Waals surface area contributed by atoms with Crippen molar-refractivity contribution in [1.29, 1.82) is 0 Å². The molecule has 0 amide bonds. The largest absolute Gasteiger partial charge is 0.870 e. The Hall–Kier alpha value is -3.40. The Labute approximate surface area is 162 Å². The van der Waals surface area contributed by atoms with Gasteiger partial charge in [0, 0.05) is 13.1 Å². The number of nitrogens with zero attached hydrogens (tertiary/aromatic N) is 5. The molecule has 4 aromatic rings. The predicted molar refractivity (Wildman–Crippen MR) is 97.5 cm³/mol. The van der Waals surface area contributed by atoms with Gasteiger partial charge in [0.25, 0.3) is 5.52 Å². The molecule has 7 nitrogen and oxygen atoms in total. The van der Waals surface area contributed by atoms with Crippen molar-refractivity contribution in [2.45, 2.75) is 12.6 Å². The van der Waals surface area contributed by atoms with Crippen LogP contribution in [0.15, 0.2) is 48.5 Å². The zero-order chi connectivity index (χ0) is 19.5. The Morgan fingerprint density at radius 1 is 1.00 bits per heavy atom. The molecule has 2 aromatic heterocycles. The second kappa shape index (κ2) is 6.59. The average Bonchev–Trinajstić information content (AvgIpc) is 2.98. The number of aromatic nitrogens is 4. The minimum absolute atomic E-state index is 0. The highest BCUT2D eigenvalue weighted by atomic mass is 19.4. The molecule has 1 saturated heterocycles. The number of alkyl halides is 3. The highest BCUT2D eigenvalue weighted by Gasteiger charge is 2.33. The number of fused-ring (bicyclic) bond motifs is 3. The molecule has 1 aliphatic rings. The summed E-state index contributed by atoms with van der Waals surface area (Å²) >= 11 is 0. The van der Waals surface area contributed by atoms with Crippen LogP contribution in [-0.2, 0) is 6.18 Å². The summed E-state index contributed by atoms with van der Waals surface area (Å²) in [6.45, 7) is 1.65. The fraction of sp³-hybridized carbons (Fsp3) is 0.211. The van der Waals surface area contributed by atoms with Gasteiger partial charge in [0.05, 0.1) is 5.56 Å². The van der Waals surface area contributed by atoms with Gasteiger partial charge in [-0.3, -0.25) is 0 Å². The molecule has 150 valence electrons. The highest BCUT2D eigenvalue weighted by molar-refractivity contribution is 5.81. The Morgan fingerprint density at radius 2 is 1.69 bits per heavy atom. The third-order valence-electron chi connectivity index (χ3n) is 4.95. The van der Waals surface area contributed by atoms with Crippen LogP contribution < -0.4 is 9.42 Å². The summed E-state index contributed by atoms with van der Waals surface area (Å²) in [5, 5.41) is 15.3. The molecule has 0 radical (unpaired) electrons. The average molecular weight is 403 g/mol. The summed E-state index contributed by atoms with van der Waals surface area (Å²) in [5.74, 6) is 0.445. The monoisotopic (exact) mass is 403 g/mol. The van der Waals surface area contributed by atoms with Gasteiger partial charge >= 0.3 is 12.1 Å². The molecule has 10 heteroatoms. The quantitative estimate of drug-likeness (QED) is 0.520. The van der Waals surface area contributed by atoms with Crippen molar-refractivity contribution in [3.8, 4) is 11.6 Å². The van der Waals surface area contributed by atoms with Gasteiger partial charge in [-0.25, -0.2) is 4.98 Å². The van der Waals surface area contributed by atoms with E-state index in [0.717, 1.165) is 37.2 Å². The van der Waals surface area contributed by atoms with E-state index < -0.39 is 11.7 Å². The lowest BCUT2D eigenvalue weighted by atomic mass is 10.2. The smallest absolute Gasteiger partial charge is 0.416 e. The third-order valence-corrected chi connectivity index (χ3v) is 4.95. The number of aromatic hydroxyl groups is 1. The Morgan fingerprint density at radius 3 is 2.31 bits per heavy atom. The van der Waals surface area contributed by atoms with E-state index in [2.05, 4.69) is 10.2 Å². The van der Waals surface area contributed by atoms with E-state index in [1.807, 2.05) is 29.2 Å². The van der Waals surface area contributed by atoms with Gasteiger partial charge in [-0.1, -0.05) is 21.3 Å². The van der Waals surface area contributed by atoms with Gasteiger partial charge in [-0.2, -0.15) is 13.2 Å². The van der Waals surface area contributed by atoms with Gasteiger partial charge < -0.3 is 15.5 Å². The molecule has 2 N–H and O–H groups in total. The molecule has 0 saturated carbocycles. The van der Waals surface area contributed by atoms with Crippen LogP contribution in [0.5, 0.6) is 5.88 Å². The molecule has 1 aliphatic heterocycles. The minimum Gasteiger partial charge on any atom is -0.870 e. The van der Waals surface area contributed by atoms with Gasteiger partial charge in [0.2, 0.25) is 0 Å². The van der Waals surface area contributed by atoms with Crippen LogP contribution in [0.25, 0.3) is 22.2 Å². The van der Waals surface area contributed by atoms with E-state index in [1.54, 1.807) is 4.52 Å². The van der Waals surface area contributed by atoms with Crippen molar-refractivity contribution < 1.29 is 28.3 Å². The summed E-state index contributed by atoms with van der Waals surface area (Å²) in [7, 11) is 0. The fourth-order valence-corrected chi connectivity index (χ4v) is 3.35. The Kier molecular flexibility index (Phi) is 4.30. The van der Waals surface area contributed by atoms with Crippen LogP contribution >= 0.6 is 0 Å². The maximum Gasteiger partial charge on any atom is 0.416 e. The van der Waals surface area contributed by atoms with Gasteiger partial charge in [-0.15, -0.1) is 0 Å². The topological polar surface area (TPSA) is 88.3 Å². The first-order valence-corrected chi connectivity index (χ1v) is 8.79. The molecular weight excluding hydrogens is 387 g/mol. The predicted octanol–water partition coefficient (Wildman–Crippen LogP) is 2.92. The van der Waals surface area contributed by atoms with Crippen LogP contribution in [0.4, 0.5) is 19.0 Å². The molecule has 0 spiro atoms. The van der Waals surface area contributed by atoms with Crippen molar-refractivity contribution in [3.05, 3.63) is 54.1 Å². The minimum atomic E-state index is -4.42. The fourth-order valence-electron chi connectivity index (χ4n) is 3.35. The molecular formula is C19H16F3N5O2. The molecule has 0 aliphatic carbocycles. The van der Waals surface area contributed by atoms with Crippen molar-refractivity contribution in [1.82, 2.24) is 14.9 Å². The maximum absolute atomic E-state index is 12.8. The van der Waals surface area contributed by atoms with Crippen LogP contribution in [-0.4, -0.2) is 38.6 Å². The number of anilines is 1. The molecule has 3 heterocycles. The zero-order valence-corrected chi connectivity index (χ0v) is 15.0. The van der Waals surface area contributed by atoms with Crippen molar-refractivity contribution in [2.75, 3.05) is 18.0 Å². The number of para-hydroxylation sites is 2. The number of benzene rings is 2. The van der Waals surface area contributed by atoms with E-state index in [-0.39, 0.29) is 11.4 Å². The van der Waals surface area contributed by atoms with E-state index in [1.165, 1.54) is 16.8 Å². The maximum atomic E-state index is 12.8. The normalized spacial score (nSPS) is 14.1. The second-order valence-corrected chi connectivity index (χ2v) is 6.69. The van der Waals surface area contributed by atoms with Crippen LogP contribution in [0, 0.1) is 0 Å². The standard InChI is InChI=1S/C19H14F3N5O.H2O/c20-19(21,22)12-6-8-13(9-7-12)26-18(28)16-17(25-10-3-11-25)23-14-4-1-2-5-15(14)27(16)24-26;/h1-2,4-9H,3,10-11H2;1H2. The lowest BCUT2D eigenvalue weighted by Gasteiger charge is -2.31. The van der Waals surface area contributed by atoms with Gasteiger partial charge in [-0.05, 0) is 42.8 Å². The van der Waals surface area contributed by atoms with E-state index in [4.69, 9.17) is 0 Å². The van der Waals surface area contributed by atoms with Crippen LogP contribution in [0.1, 0.15) is 12.0 Å². The first-order valence-electron chi connectivity index (χ1n) is 8.79. The Balaban J connectivity index is 0.00000205. The second-order valence-electron chi connectivity index (χ2n) is 6.69. The van der Waals surface area contributed by atoms with Crippen molar-refractivity contribution in [3.63, 3.8) is 0 Å². The summed E-state index contributed by atoms with van der Waals surface area (Å²) < 4.78 is 41.3. The molecule has 0 bridgehead atoms. The molecule has 29 heavy (non-hydrogen) atoms. The molecule has 0 atom stereocenters. The summed E-state index contributed by atoms with van der Waals surface area (Å²) in [6.07, 6.45) is -3.39. The van der Waals surface area contributed by atoms with Crippen LogP contribution in [0.3, 0.4) is 0 Å². The summed E-state index contributed by atoms with van der Waals surface area (Å²) in [4.78, 5) is 6.72. The third kappa shape index (κ3) is 2.92. The van der Waals surface area contributed by atoms with Crippen molar-refractivity contribution in [2.24, 2.45) is 0 Å². The number of hydrogen-bond acceptors (Lipinski definition) is 5. The SMILES string of the molecule is Oc1c2c(N3CCC3)nc3ccccc3[n+]2nn1-c1ccc(C(F)(F)F)cc1.[OH-]. The lowest BCUT2D eigenvalue weighted by molar-refractivity contribution is -0.555. The number of halogens is 3. The molecule has 5 rings (SSSR count).